The quantitative estimate of drug-likeness (QED) is 0.857. The topological polar surface area (TPSA) is 38.7 Å². The Morgan fingerprint density at radius 1 is 1.32 bits per heavy atom. The van der Waals surface area contributed by atoms with Gasteiger partial charge in [-0.15, -0.1) is 0 Å². The minimum atomic E-state index is -0.589. The van der Waals surface area contributed by atoms with Crippen LogP contribution >= 0.6 is 0 Å². The average Bonchev–Trinajstić information content (AvgIpc) is 2.91. The zero-order chi connectivity index (χ0) is 13.9. The van der Waals surface area contributed by atoms with E-state index in [1.54, 1.807) is 0 Å². The first-order chi connectivity index (χ1) is 9.16. The van der Waals surface area contributed by atoms with Crippen LogP contribution < -0.4 is 4.74 Å². The molecule has 106 valence electrons. The van der Waals surface area contributed by atoms with Crippen molar-refractivity contribution in [1.82, 2.24) is 0 Å². The van der Waals surface area contributed by atoms with Crippen LogP contribution in [0.2, 0.25) is 0 Å². The van der Waals surface area contributed by atoms with Gasteiger partial charge in [-0.1, -0.05) is 19.9 Å². The molecule has 1 heterocycles. The highest BCUT2D eigenvalue weighted by Crippen LogP contribution is 2.37. The summed E-state index contributed by atoms with van der Waals surface area (Å²) in [5.41, 5.74) is 1.64. The first kappa shape index (κ1) is 14.4. The summed E-state index contributed by atoms with van der Waals surface area (Å²) in [7, 11) is 0. The van der Waals surface area contributed by atoms with Crippen molar-refractivity contribution in [2.24, 2.45) is 0 Å². The van der Waals surface area contributed by atoms with Crippen molar-refractivity contribution in [3.63, 3.8) is 0 Å². The second-order valence-electron chi connectivity index (χ2n) is 5.07. The van der Waals surface area contributed by atoms with Crippen LogP contribution in [0.4, 0.5) is 0 Å². The molecule has 1 aliphatic heterocycles. The Hall–Kier alpha value is -1.06. The molecule has 0 fully saturated rings. The van der Waals surface area contributed by atoms with Crippen LogP contribution in [0, 0.1) is 0 Å². The molecule has 1 atom stereocenters. The molecule has 1 aliphatic rings. The summed E-state index contributed by atoms with van der Waals surface area (Å²) in [6.07, 6.45) is 1.93. The summed E-state index contributed by atoms with van der Waals surface area (Å²) in [6.45, 7) is 7.47. The maximum absolute atomic E-state index is 10.7. The lowest BCUT2D eigenvalue weighted by atomic mass is 9.85. The number of fused-ring (bicyclic) bond motifs is 1. The number of aliphatic hydroxyl groups excluding tert-OH is 1. The summed E-state index contributed by atoms with van der Waals surface area (Å²) in [4.78, 5) is 0. The van der Waals surface area contributed by atoms with Gasteiger partial charge in [0, 0.05) is 13.0 Å². The van der Waals surface area contributed by atoms with Crippen LogP contribution in [0.3, 0.4) is 0 Å². The molecule has 1 N–H and O–H groups in total. The molecule has 0 spiro atoms. The van der Waals surface area contributed by atoms with Crippen molar-refractivity contribution < 1.29 is 14.6 Å². The molecule has 0 radical (unpaired) electrons. The standard InChI is InChI=1S/C16H24O3/c1-4-16(5-2,19-6-3)15(17)13-7-8-14-12(11-13)9-10-18-14/h7-8,11,15,17H,4-6,9-10H2,1-3H3. The van der Waals surface area contributed by atoms with E-state index in [0.717, 1.165) is 37.2 Å². The van der Waals surface area contributed by atoms with Gasteiger partial charge in [0.05, 0.1) is 12.2 Å². The van der Waals surface area contributed by atoms with E-state index in [1.165, 1.54) is 5.56 Å². The third-order valence-electron chi connectivity index (χ3n) is 4.16. The van der Waals surface area contributed by atoms with Gasteiger partial charge < -0.3 is 14.6 Å². The molecular formula is C16H24O3. The third-order valence-corrected chi connectivity index (χ3v) is 4.16. The zero-order valence-corrected chi connectivity index (χ0v) is 12.1. The van der Waals surface area contributed by atoms with Gasteiger partial charge in [0.2, 0.25) is 0 Å². The van der Waals surface area contributed by atoms with Gasteiger partial charge >= 0.3 is 0 Å². The Morgan fingerprint density at radius 2 is 2.05 bits per heavy atom. The van der Waals surface area contributed by atoms with Crippen LogP contribution in [-0.4, -0.2) is 23.9 Å². The lowest BCUT2D eigenvalue weighted by Crippen LogP contribution is -2.38. The number of hydrogen-bond acceptors (Lipinski definition) is 3. The predicted molar refractivity (Wildman–Crippen MR) is 75.5 cm³/mol. The van der Waals surface area contributed by atoms with E-state index in [1.807, 2.05) is 19.1 Å². The number of aliphatic hydroxyl groups is 1. The van der Waals surface area contributed by atoms with Crippen molar-refractivity contribution in [2.75, 3.05) is 13.2 Å². The van der Waals surface area contributed by atoms with Gasteiger partial charge in [0.25, 0.3) is 0 Å². The normalized spacial score (nSPS) is 16.0. The second kappa shape index (κ2) is 5.93. The molecule has 1 aromatic rings. The number of hydrogen-bond donors (Lipinski definition) is 1. The highest BCUT2D eigenvalue weighted by molar-refractivity contribution is 5.41. The first-order valence-electron chi connectivity index (χ1n) is 7.24. The summed E-state index contributed by atoms with van der Waals surface area (Å²) in [5, 5.41) is 10.7. The predicted octanol–water partition coefficient (Wildman–Crippen LogP) is 3.25. The van der Waals surface area contributed by atoms with E-state index in [2.05, 4.69) is 19.9 Å². The van der Waals surface area contributed by atoms with Crippen LogP contribution in [-0.2, 0) is 11.2 Å². The molecule has 0 amide bonds. The number of rotatable bonds is 6. The van der Waals surface area contributed by atoms with Gasteiger partial charge in [-0.3, -0.25) is 0 Å². The molecule has 0 saturated carbocycles. The highest BCUT2D eigenvalue weighted by atomic mass is 16.5. The van der Waals surface area contributed by atoms with Gasteiger partial charge in [-0.2, -0.15) is 0 Å². The lowest BCUT2D eigenvalue weighted by Gasteiger charge is -2.36. The Bertz CT molecular complexity index is 424. The fraction of sp³-hybridized carbons (Fsp3) is 0.625. The zero-order valence-electron chi connectivity index (χ0n) is 12.1. The fourth-order valence-electron chi connectivity index (χ4n) is 2.89. The second-order valence-corrected chi connectivity index (χ2v) is 5.07. The molecule has 3 nitrogen and oxygen atoms in total. The van der Waals surface area contributed by atoms with Crippen molar-refractivity contribution in [3.8, 4) is 5.75 Å². The SMILES string of the molecule is CCOC(CC)(CC)C(O)c1ccc2c(c1)CCO2. The van der Waals surface area contributed by atoms with Crippen molar-refractivity contribution >= 4 is 0 Å². The van der Waals surface area contributed by atoms with Crippen LogP contribution in [0.15, 0.2) is 18.2 Å². The van der Waals surface area contributed by atoms with Crippen molar-refractivity contribution in [2.45, 2.75) is 51.7 Å². The smallest absolute Gasteiger partial charge is 0.122 e. The average molecular weight is 264 g/mol. The molecule has 19 heavy (non-hydrogen) atoms. The van der Waals surface area contributed by atoms with Gasteiger partial charge in [-0.05, 0) is 43.0 Å². The number of ether oxygens (including phenoxy) is 2. The van der Waals surface area contributed by atoms with Crippen LogP contribution in [0.1, 0.15) is 50.8 Å². The summed E-state index contributed by atoms with van der Waals surface area (Å²) >= 11 is 0. The molecule has 0 aromatic heterocycles. The van der Waals surface area contributed by atoms with Gasteiger partial charge in [-0.25, -0.2) is 0 Å². The van der Waals surface area contributed by atoms with E-state index < -0.39 is 11.7 Å². The summed E-state index contributed by atoms with van der Waals surface area (Å²) < 4.78 is 11.4. The monoisotopic (exact) mass is 264 g/mol. The van der Waals surface area contributed by atoms with Crippen LogP contribution in [0.25, 0.3) is 0 Å². The molecule has 0 aliphatic carbocycles. The molecule has 2 rings (SSSR count). The minimum absolute atomic E-state index is 0.484. The van der Waals surface area contributed by atoms with Crippen molar-refractivity contribution in [1.29, 1.82) is 0 Å². The maximum atomic E-state index is 10.7. The Morgan fingerprint density at radius 3 is 2.68 bits per heavy atom. The van der Waals surface area contributed by atoms with E-state index in [0.29, 0.717) is 6.61 Å². The summed E-state index contributed by atoms with van der Waals surface area (Å²) in [5.74, 6) is 0.950. The minimum Gasteiger partial charge on any atom is -0.493 e. The fourth-order valence-corrected chi connectivity index (χ4v) is 2.89. The van der Waals surface area contributed by atoms with E-state index in [-0.39, 0.29) is 0 Å². The first-order valence-corrected chi connectivity index (χ1v) is 7.24. The molecule has 3 heteroatoms. The molecule has 0 bridgehead atoms. The molecule has 1 unspecified atom stereocenters. The third kappa shape index (κ3) is 2.63. The molecule has 1 aromatic carbocycles. The Labute approximate surface area is 115 Å². The summed E-state index contributed by atoms with van der Waals surface area (Å²) in [6, 6.07) is 5.98. The molecular weight excluding hydrogens is 240 g/mol. The van der Waals surface area contributed by atoms with E-state index in [4.69, 9.17) is 9.47 Å². The molecule has 0 saturated heterocycles. The Balaban J connectivity index is 2.28. The Kier molecular flexibility index (Phi) is 4.48. The largest absolute Gasteiger partial charge is 0.493 e. The van der Waals surface area contributed by atoms with Gasteiger partial charge in [0.15, 0.2) is 0 Å². The highest BCUT2D eigenvalue weighted by Gasteiger charge is 2.36. The maximum Gasteiger partial charge on any atom is 0.122 e. The van der Waals surface area contributed by atoms with Gasteiger partial charge in [0.1, 0.15) is 11.9 Å². The van der Waals surface area contributed by atoms with E-state index in [9.17, 15) is 5.11 Å². The van der Waals surface area contributed by atoms with E-state index >= 15 is 0 Å². The lowest BCUT2D eigenvalue weighted by molar-refractivity contribution is -0.127. The van der Waals surface area contributed by atoms with Crippen molar-refractivity contribution in [3.05, 3.63) is 29.3 Å². The number of benzene rings is 1. The van der Waals surface area contributed by atoms with Crippen LogP contribution in [0.5, 0.6) is 5.75 Å².